The Labute approximate surface area is 147 Å². The highest BCUT2D eigenvalue weighted by Crippen LogP contribution is 2.12. The maximum absolute atomic E-state index is 11.9. The molecule has 0 heterocycles. The summed E-state index contributed by atoms with van der Waals surface area (Å²) in [4.78, 5) is 35.6. The number of hydrogen-bond donors (Lipinski definition) is 2. The van der Waals surface area contributed by atoms with Crippen LogP contribution in [-0.2, 0) is 9.53 Å². The molecule has 0 bridgehead atoms. The van der Waals surface area contributed by atoms with Gasteiger partial charge in [0.05, 0.1) is 5.56 Å². The van der Waals surface area contributed by atoms with E-state index < -0.39 is 23.9 Å². The Kier molecular flexibility index (Phi) is 6.08. The van der Waals surface area contributed by atoms with Crippen molar-refractivity contribution in [2.75, 3.05) is 0 Å². The van der Waals surface area contributed by atoms with E-state index in [4.69, 9.17) is 4.74 Å². The van der Waals surface area contributed by atoms with Crippen LogP contribution < -0.4 is 10.9 Å². The maximum atomic E-state index is 11.9. The lowest BCUT2D eigenvalue weighted by molar-refractivity contribution is -0.129. The van der Waals surface area contributed by atoms with Crippen molar-refractivity contribution in [2.24, 2.45) is 0 Å². The molecule has 0 spiro atoms. The first-order valence-electron chi connectivity index (χ1n) is 7.09. The van der Waals surface area contributed by atoms with Crippen molar-refractivity contribution < 1.29 is 19.1 Å². The fraction of sp³-hybridized carbons (Fsp3) is 0.118. The summed E-state index contributed by atoms with van der Waals surface area (Å²) in [6.07, 6.45) is -1.06. The molecular formula is C17H15BrN2O4. The molecule has 2 amide bonds. The quantitative estimate of drug-likeness (QED) is 0.620. The Bertz CT molecular complexity index is 732. The number of esters is 1. The highest BCUT2D eigenvalue weighted by molar-refractivity contribution is 9.10. The summed E-state index contributed by atoms with van der Waals surface area (Å²) in [5.41, 5.74) is 5.21. The van der Waals surface area contributed by atoms with Crippen LogP contribution in [0.15, 0.2) is 59.1 Å². The highest BCUT2D eigenvalue weighted by Gasteiger charge is 2.19. The van der Waals surface area contributed by atoms with Gasteiger partial charge in [-0.2, -0.15) is 0 Å². The normalized spacial score (nSPS) is 11.2. The fourth-order valence-electron chi connectivity index (χ4n) is 1.75. The summed E-state index contributed by atoms with van der Waals surface area (Å²) >= 11 is 3.27. The molecule has 0 saturated heterocycles. The molecule has 2 aromatic carbocycles. The number of benzene rings is 2. The van der Waals surface area contributed by atoms with Crippen molar-refractivity contribution in [2.45, 2.75) is 13.0 Å². The number of carbonyl (C=O) groups excluding carboxylic acids is 3. The largest absolute Gasteiger partial charge is 0.449 e. The predicted molar refractivity (Wildman–Crippen MR) is 91.1 cm³/mol. The minimum absolute atomic E-state index is 0.325. The van der Waals surface area contributed by atoms with Gasteiger partial charge in [0, 0.05) is 10.0 Å². The zero-order chi connectivity index (χ0) is 17.5. The van der Waals surface area contributed by atoms with E-state index >= 15 is 0 Å². The lowest BCUT2D eigenvalue weighted by Gasteiger charge is -2.14. The van der Waals surface area contributed by atoms with Crippen LogP contribution in [0, 0.1) is 0 Å². The summed E-state index contributed by atoms with van der Waals surface area (Å²) in [7, 11) is 0. The summed E-state index contributed by atoms with van der Waals surface area (Å²) in [5, 5.41) is 0. The molecule has 0 aliphatic carbocycles. The molecule has 124 valence electrons. The Balaban J connectivity index is 1.84. The summed E-state index contributed by atoms with van der Waals surface area (Å²) in [6, 6.07) is 15.0. The molecule has 1 atom stereocenters. The van der Waals surface area contributed by atoms with Crippen molar-refractivity contribution in [3.05, 3.63) is 70.2 Å². The zero-order valence-corrected chi connectivity index (χ0v) is 14.4. The molecule has 24 heavy (non-hydrogen) atoms. The van der Waals surface area contributed by atoms with Gasteiger partial charge in [-0.1, -0.05) is 34.1 Å². The molecule has 0 fully saturated rings. The summed E-state index contributed by atoms with van der Waals surface area (Å²) in [6.45, 7) is 1.42. The van der Waals surface area contributed by atoms with Crippen LogP contribution >= 0.6 is 15.9 Å². The van der Waals surface area contributed by atoms with E-state index in [0.717, 1.165) is 4.47 Å². The van der Waals surface area contributed by atoms with Crippen LogP contribution in [0.4, 0.5) is 0 Å². The molecule has 2 rings (SSSR count). The minimum atomic E-state index is -1.06. The van der Waals surface area contributed by atoms with Crippen molar-refractivity contribution in [3.63, 3.8) is 0 Å². The van der Waals surface area contributed by atoms with E-state index in [2.05, 4.69) is 26.8 Å². The third kappa shape index (κ3) is 4.92. The molecule has 2 aromatic rings. The van der Waals surface area contributed by atoms with E-state index in [-0.39, 0.29) is 0 Å². The Morgan fingerprint density at radius 2 is 1.54 bits per heavy atom. The van der Waals surface area contributed by atoms with Crippen molar-refractivity contribution in [1.29, 1.82) is 0 Å². The van der Waals surface area contributed by atoms with Crippen LogP contribution in [0.3, 0.4) is 0 Å². The van der Waals surface area contributed by atoms with Gasteiger partial charge < -0.3 is 4.74 Å². The maximum Gasteiger partial charge on any atom is 0.338 e. The first kappa shape index (κ1) is 17.7. The predicted octanol–water partition coefficient (Wildman–Crippen LogP) is 2.46. The second-order valence-corrected chi connectivity index (χ2v) is 5.78. The van der Waals surface area contributed by atoms with Gasteiger partial charge in [-0.15, -0.1) is 0 Å². The van der Waals surface area contributed by atoms with E-state index in [1.165, 1.54) is 6.92 Å². The Hall–Kier alpha value is -2.67. The van der Waals surface area contributed by atoms with E-state index in [0.29, 0.717) is 11.1 Å². The molecule has 0 unspecified atom stereocenters. The van der Waals surface area contributed by atoms with Crippen LogP contribution in [0.5, 0.6) is 0 Å². The first-order chi connectivity index (χ1) is 11.5. The second kappa shape index (κ2) is 8.26. The van der Waals surface area contributed by atoms with Crippen LogP contribution in [0.25, 0.3) is 0 Å². The number of hydrogen-bond acceptors (Lipinski definition) is 4. The molecule has 0 radical (unpaired) electrons. The van der Waals surface area contributed by atoms with E-state index in [1.54, 1.807) is 54.6 Å². The molecule has 0 saturated carbocycles. The van der Waals surface area contributed by atoms with Gasteiger partial charge in [0.1, 0.15) is 0 Å². The second-order valence-electron chi connectivity index (χ2n) is 4.86. The molecule has 0 aromatic heterocycles. The smallest absolute Gasteiger partial charge is 0.338 e. The number of hydrazine groups is 1. The van der Waals surface area contributed by atoms with Gasteiger partial charge in [0.25, 0.3) is 11.8 Å². The number of amides is 2. The number of nitrogens with one attached hydrogen (secondary N) is 2. The van der Waals surface area contributed by atoms with Gasteiger partial charge >= 0.3 is 5.97 Å². The fourth-order valence-corrected chi connectivity index (χ4v) is 2.01. The van der Waals surface area contributed by atoms with Gasteiger partial charge in [-0.25, -0.2) is 4.79 Å². The standard InChI is InChI=1S/C17H15BrN2O4/c1-11(24-17(23)13-7-9-14(18)10-8-13)15(21)19-20-16(22)12-5-3-2-4-6-12/h2-11H,1H3,(H,19,21)(H,20,22)/t11-/m0/s1. The van der Waals surface area contributed by atoms with Crippen molar-refractivity contribution >= 4 is 33.7 Å². The molecule has 6 nitrogen and oxygen atoms in total. The van der Waals surface area contributed by atoms with Gasteiger partial charge in [0.2, 0.25) is 0 Å². The van der Waals surface area contributed by atoms with Crippen molar-refractivity contribution in [3.8, 4) is 0 Å². The number of halogens is 1. The molecule has 2 N–H and O–H groups in total. The van der Waals surface area contributed by atoms with Gasteiger partial charge in [0.15, 0.2) is 6.10 Å². The first-order valence-corrected chi connectivity index (χ1v) is 7.88. The number of ether oxygens (including phenoxy) is 1. The van der Waals surface area contributed by atoms with Crippen LogP contribution in [0.1, 0.15) is 27.6 Å². The van der Waals surface area contributed by atoms with Gasteiger partial charge in [-0.05, 0) is 43.3 Å². The third-order valence-electron chi connectivity index (χ3n) is 3.07. The average Bonchev–Trinajstić information content (AvgIpc) is 2.60. The highest BCUT2D eigenvalue weighted by atomic mass is 79.9. The number of rotatable bonds is 4. The Morgan fingerprint density at radius 3 is 2.17 bits per heavy atom. The minimum Gasteiger partial charge on any atom is -0.449 e. The zero-order valence-electron chi connectivity index (χ0n) is 12.8. The third-order valence-corrected chi connectivity index (χ3v) is 3.60. The van der Waals surface area contributed by atoms with Crippen LogP contribution in [-0.4, -0.2) is 23.9 Å². The average molecular weight is 391 g/mol. The molecule has 0 aliphatic rings. The lowest BCUT2D eigenvalue weighted by atomic mass is 10.2. The topological polar surface area (TPSA) is 84.5 Å². The molecular weight excluding hydrogens is 376 g/mol. The van der Waals surface area contributed by atoms with Crippen molar-refractivity contribution in [1.82, 2.24) is 10.9 Å². The lowest BCUT2D eigenvalue weighted by Crippen LogP contribution is -2.46. The van der Waals surface area contributed by atoms with Gasteiger partial charge in [-0.3, -0.25) is 20.4 Å². The number of carbonyl (C=O) groups is 3. The summed E-state index contributed by atoms with van der Waals surface area (Å²) < 4.78 is 5.89. The Morgan fingerprint density at radius 1 is 0.917 bits per heavy atom. The van der Waals surface area contributed by atoms with Crippen LogP contribution in [0.2, 0.25) is 0 Å². The molecule has 0 aliphatic heterocycles. The van der Waals surface area contributed by atoms with E-state index in [1.807, 2.05) is 0 Å². The SMILES string of the molecule is C[C@H](OC(=O)c1ccc(Br)cc1)C(=O)NNC(=O)c1ccccc1. The molecule has 7 heteroatoms. The summed E-state index contributed by atoms with van der Waals surface area (Å²) in [5.74, 6) is -1.72. The monoisotopic (exact) mass is 390 g/mol. The van der Waals surface area contributed by atoms with E-state index in [9.17, 15) is 14.4 Å².